The number of nitrogens with one attached hydrogen (secondary N) is 1. The van der Waals surface area contributed by atoms with Gasteiger partial charge in [0.05, 0.1) is 4.88 Å². The minimum absolute atomic E-state index is 0.00321. The Labute approximate surface area is 210 Å². The zero-order valence-electron chi connectivity index (χ0n) is 21.3. The molecule has 0 radical (unpaired) electrons. The summed E-state index contributed by atoms with van der Waals surface area (Å²) in [6.07, 6.45) is 0.841. The van der Waals surface area contributed by atoms with Gasteiger partial charge in [-0.2, -0.15) is 0 Å². The summed E-state index contributed by atoms with van der Waals surface area (Å²) in [4.78, 5) is 13.5. The van der Waals surface area contributed by atoms with Gasteiger partial charge in [0.1, 0.15) is 25.1 Å². The number of amides is 1. The van der Waals surface area contributed by atoms with Crippen LogP contribution in [-0.4, -0.2) is 52.2 Å². The quantitative estimate of drug-likeness (QED) is 0.363. The molecule has 0 aliphatic carbocycles. The third-order valence-electron chi connectivity index (χ3n) is 5.78. The Morgan fingerprint density at radius 1 is 1.20 bits per heavy atom. The van der Waals surface area contributed by atoms with Gasteiger partial charge in [0.25, 0.3) is 5.89 Å². The van der Waals surface area contributed by atoms with Gasteiger partial charge in [0.2, 0.25) is 11.8 Å². The molecule has 0 saturated carbocycles. The predicted octanol–water partition coefficient (Wildman–Crippen LogP) is 4.00. The zero-order valence-corrected chi connectivity index (χ0v) is 22.1. The molecule has 1 atom stereocenters. The van der Waals surface area contributed by atoms with Crippen molar-refractivity contribution in [2.24, 2.45) is 5.92 Å². The third-order valence-corrected chi connectivity index (χ3v) is 7.02. The van der Waals surface area contributed by atoms with Gasteiger partial charge in [-0.05, 0) is 73.9 Å². The molecule has 0 saturated heterocycles. The molecule has 2 heterocycles. The van der Waals surface area contributed by atoms with E-state index in [0.717, 1.165) is 28.0 Å². The van der Waals surface area contributed by atoms with Crippen molar-refractivity contribution in [1.29, 1.82) is 0 Å². The summed E-state index contributed by atoms with van der Waals surface area (Å²) < 4.78 is 12.0. The number of carbonyl (C=O) groups excluding carboxylic acids is 1. The van der Waals surface area contributed by atoms with Crippen LogP contribution in [0.25, 0.3) is 22.2 Å². The fourth-order valence-corrected chi connectivity index (χ4v) is 5.11. The number of ether oxygens (including phenoxy) is 1. The molecule has 0 fully saturated rings. The zero-order chi connectivity index (χ0) is 25.7. The highest BCUT2D eigenvalue weighted by Crippen LogP contribution is 2.38. The number of rotatable bonds is 11. The lowest BCUT2D eigenvalue weighted by Gasteiger charge is -2.17. The van der Waals surface area contributed by atoms with Crippen molar-refractivity contribution in [2.45, 2.75) is 60.5 Å². The minimum atomic E-state index is -0.897. The van der Waals surface area contributed by atoms with E-state index in [9.17, 15) is 9.90 Å². The Hall–Kier alpha value is -2.75. The van der Waals surface area contributed by atoms with Crippen LogP contribution in [0.5, 0.6) is 5.75 Å². The van der Waals surface area contributed by atoms with Crippen molar-refractivity contribution in [3.05, 3.63) is 39.3 Å². The summed E-state index contributed by atoms with van der Waals surface area (Å²) in [7, 11) is 0. The lowest BCUT2D eigenvalue weighted by atomic mass is 9.99. The lowest BCUT2D eigenvalue weighted by molar-refractivity contribution is -0.124. The van der Waals surface area contributed by atoms with E-state index in [1.165, 1.54) is 16.0 Å². The number of aliphatic hydroxyl groups excluding tert-OH is 2. The van der Waals surface area contributed by atoms with Crippen LogP contribution in [0.1, 0.15) is 47.9 Å². The van der Waals surface area contributed by atoms with Crippen LogP contribution in [0.4, 0.5) is 0 Å². The molecule has 0 aliphatic rings. The molecule has 0 spiro atoms. The first kappa shape index (κ1) is 26.8. The average Bonchev–Trinajstić information content (AvgIpc) is 3.41. The van der Waals surface area contributed by atoms with Crippen LogP contribution >= 0.6 is 11.3 Å². The van der Waals surface area contributed by atoms with E-state index in [1.807, 2.05) is 26.0 Å². The molecule has 35 heavy (non-hydrogen) atoms. The van der Waals surface area contributed by atoms with Crippen LogP contribution in [0, 0.1) is 26.7 Å². The highest BCUT2D eigenvalue weighted by molar-refractivity contribution is 7.15. The first-order chi connectivity index (χ1) is 16.6. The number of carbonyl (C=O) groups is 1. The Bertz CT molecular complexity index is 1170. The number of aliphatic hydroxyl groups is 2. The van der Waals surface area contributed by atoms with Crippen LogP contribution in [0.2, 0.25) is 0 Å². The van der Waals surface area contributed by atoms with Crippen LogP contribution in [0.3, 0.4) is 0 Å². The topological polar surface area (TPSA) is 118 Å². The molecular formula is C26H35N3O5S. The van der Waals surface area contributed by atoms with Crippen molar-refractivity contribution < 1.29 is 24.2 Å². The Morgan fingerprint density at radius 2 is 1.91 bits per heavy atom. The van der Waals surface area contributed by atoms with Gasteiger partial charge in [0.15, 0.2) is 0 Å². The first-order valence-electron chi connectivity index (χ1n) is 11.9. The highest BCUT2D eigenvalue weighted by Gasteiger charge is 2.21. The second-order valence-electron chi connectivity index (χ2n) is 9.16. The maximum Gasteiger partial charge on any atom is 0.258 e. The maximum absolute atomic E-state index is 11.2. The molecular weight excluding hydrogens is 466 g/mol. The summed E-state index contributed by atoms with van der Waals surface area (Å²) in [5.41, 5.74) is 5.22. The van der Waals surface area contributed by atoms with Crippen LogP contribution < -0.4 is 10.1 Å². The van der Waals surface area contributed by atoms with E-state index in [-0.39, 0.29) is 13.2 Å². The summed E-state index contributed by atoms with van der Waals surface area (Å²) in [6, 6.07) is 3.90. The summed E-state index contributed by atoms with van der Waals surface area (Å²) in [5, 5.41) is 29.9. The molecule has 3 aromatic rings. The van der Waals surface area contributed by atoms with Crippen molar-refractivity contribution in [3.63, 3.8) is 0 Å². The van der Waals surface area contributed by atoms with Crippen molar-refractivity contribution in [3.8, 4) is 28.0 Å². The molecule has 9 heteroatoms. The van der Waals surface area contributed by atoms with Gasteiger partial charge in [-0.25, -0.2) is 0 Å². The highest BCUT2D eigenvalue weighted by atomic mass is 32.1. The number of aryl methyl sites for hydroxylation is 3. The van der Waals surface area contributed by atoms with Gasteiger partial charge in [-0.3, -0.25) is 4.79 Å². The van der Waals surface area contributed by atoms with Crippen LogP contribution in [0.15, 0.2) is 16.5 Å². The molecule has 1 unspecified atom stereocenters. The first-order valence-corrected chi connectivity index (χ1v) is 12.7. The van der Waals surface area contributed by atoms with Crippen molar-refractivity contribution >= 4 is 17.2 Å². The van der Waals surface area contributed by atoms with E-state index >= 15 is 0 Å². The van der Waals surface area contributed by atoms with E-state index in [2.05, 4.69) is 43.2 Å². The Balaban J connectivity index is 1.80. The van der Waals surface area contributed by atoms with Crippen LogP contribution in [-0.2, 0) is 17.6 Å². The molecule has 190 valence electrons. The smallest absolute Gasteiger partial charge is 0.258 e. The van der Waals surface area contributed by atoms with E-state index in [1.54, 1.807) is 11.3 Å². The van der Waals surface area contributed by atoms with E-state index in [0.29, 0.717) is 29.9 Å². The maximum atomic E-state index is 11.2. The monoisotopic (exact) mass is 501 g/mol. The molecule has 1 amide bonds. The fourth-order valence-electron chi connectivity index (χ4n) is 4.00. The fraction of sp³-hybridized carbons (Fsp3) is 0.500. The number of nitrogens with zero attached hydrogens (tertiary/aromatic N) is 2. The average molecular weight is 502 g/mol. The number of benzene rings is 1. The van der Waals surface area contributed by atoms with Crippen molar-refractivity contribution in [2.75, 3.05) is 19.8 Å². The van der Waals surface area contributed by atoms with E-state index in [4.69, 9.17) is 14.3 Å². The number of hydrogen-bond acceptors (Lipinski definition) is 8. The number of hydrogen-bond donors (Lipinski definition) is 3. The second kappa shape index (κ2) is 11.8. The number of thiophene rings is 1. The van der Waals surface area contributed by atoms with E-state index < -0.39 is 18.6 Å². The van der Waals surface area contributed by atoms with Gasteiger partial charge in [0, 0.05) is 17.0 Å². The molecule has 0 aliphatic heterocycles. The Morgan fingerprint density at radius 3 is 2.57 bits per heavy atom. The Kier molecular flexibility index (Phi) is 9.04. The van der Waals surface area contributed by atoms with Gasteiger partial charge in [-0.1, -0.05) is 20.8 Å². The second-order valence-corrected chi connectivity index (χ2v) is 10.4. The lowest BCUT2D eigenvalue weighted by Crippen LogP contribution is -2.36. The summed E-state index contributed by atoms with van der Waals surface area (Å²) in [6.45, 7) is 12.1. The molecule has 1 aromatic carbocycles. The molecule has 2 aromatic heterocycles. The minimum Gasteiger partial charge on any atom is -0.490 e. The molecule has 8 nitrogen and oxygen atoms in total. The largest absolute Gasteiger partial charge is 0.490 e. The van der Waals surface area contributed by atoms with Crippen molar-refractivity contribution in [1.82, 2.24) is 15.5 Å². The molecule has 3 N–H and O–H groups in total. The normalized spacial score (nSPS) is 12.3. The molecule has 0 bridgehead atoms. The van der Waals surface area contributed by atoms with Gasteiger partial charge in [-0.15, -0.1) is 21.5 Å². The third kappa shape index (κ3) is 6.48. The molecule has 3 rings (SSSR count). The van der Waals surface area contributed by atoms with Gasteiger partial charge < -0.3 is 24.7 Å². The standard InChI is InChI=1S/C26H35N3O5S/c1-7-18-10-19(9-15(4)23(18)33-13-20(31)11-27-22(32)12-30)25-28-29-26(34-25)24-16(5)21(8-14(2)3)17(6)35-24/h9-10,14,20,30-31H,7-8,11-13H2,1-6H3,(H,27,32). The number of aromatic nitrogens is 2. The summed E-state index contributed by atoms with van der Waals surface area (Å²) >= 11 is 1.69. The van der Waals surface area contributed by atoms with Gasteiger partial charge >= 0.3 is 0 Å². The summed E-state index contributed by atoms with van der Waals surface area (Å²) in [5.74, 6) is 1.70. The predicted molar refractivity (Wildman–Crippen MR) is 137 cm³/mol. The SMILES string of the molecule is CCc1cc(-c2nnc(-c3sc(C)c(CC(C)C)c3C)o2)cc(C)c1OCC(O)CNC(=O)CO.